The lowest BCUT2D eigenvalue weighted by molar-refractivity contribution is 0.0701. The molecule has 6 nitrogen and oxygen atoms in total. The largest absolute Gasteiger partial charge is 0.361 e. The van der Waals surface area contributed by atoms with E-state index in [1.165, 1.54) is 0 Å². The van der Waals surface area contributed by atoms with Crippen molar-refractivity contribution in [3.05, 3.63) is 41.8 Å². The summed E-state index contributed by atoms with van der Waals surface area (Å²) < 4.78 is 5.19. The monoisotopic (exact) mass is 300 g/mol. The predicted molar refractivity (Wildman–Crippen MR) is 80.4 cm³/mol. The third kappa shape index (κ3) is 3.16. The zero-order chi connectivity index (χ0) is 15.4. The third-order valence-electron chi connectivity index (χ3n) is 4.06. The first-order chi connectivity index (χ1) is 10.8. The number of carbonyl (C=O) groups excluding carboxylic acids is 1. The van der Waals surface area contributed by atoms with E-state index in [9.17, 15) is 4.79 Å². The fourth-order valence-corrected chi connectivity index (χ4v) is 2.84. The minimum absolute atomic E-state index is 0.0382. The molecule has 0 aliphatic carbocycles. The molecule has 0 N–H and O–H groups in total. The zero-order valence-corrected chi connectivity index (χ0v) is 12.7. The van der Waals surface area contributed by atoms with Crippen molar-refractivity contribution in [3.8, 4) is 0 Å². The molecule has 0 aromatic carbocycles. The van der Waals surface area contributed by atoms with E-state index >= 15 is 0 Å². The van der Waals surface area contributed by atoms with Gasteiger partial charge in [0, 0.05) is 50.1 Å². The van der Waals surface area contributed by atoms with Crippen molar-refractivity contribution in [1.29, 1.82) is 0 Å². The molecule has 116 valence electrons. The standard InChI is InChI=1S/C16H20N4O2/c1-2-3-13-10-14(19-22-13)16(21)20-8-4-12(5-9-20)15-11-17-6-7-18-15/h6-7,10-12H,2-5,8-9H2,1H3. The molecule has 1 amide bonds. The maximum absolute atomic E-state index is 12.4. The quantitative estimate of drug-likeness (QED) is 0.867. The molecule has 0 atom stereocenters. The molecule has 0 unspecified atom stereocenters. The molecule has 0 saturated carbocycles. The molecule has 1 saturated heterocycles. The van der Waals surface area contributed by atoms with Crippen LogP contribution in [0.25, 0.3) is 0 Å². The molecule has 3 rings (SSSR count). The molecule has 1 fully saturated rings. The number of nitrogens with zero attached hydrogens (tertiary/aromatic N) is 4. The maximum Gasteiger partial charge on any atom is 0.276 e. The van der Waals surface area contributed by atoms with Crippen LogP contribution in [0.15, 0.2) is 29.2 Å². The van der Waals surface area contributed by atoms with E-state index in [-0.39, 0.29) is 5.91 Å². The minimum Gasteiger partial charge on any atom is -0.361 e. The summed E-state index contributed by atoms with van der Waals surface area (Å²) in [5.41, 5.74) is 1.43. The molecule has 2 aromatic rings. The Hall–Kier alpha value is -2.24. The van der Waals surface area contributed by atoms with Crippen LogP contribution in [0.2, 0.25) is 0 Å². The molecule has 0 bridgehead atoms. The molecule has 22 heavy (non-hydrogen) atoms. The Morgan fingerprint density at radius 2 is 2.18 bits per heavy atom. The second-order valence-corrected chi connectivity index (χ2v) is 5.63. The van der Waals surface area contributed by atoms with Crippen molar-refractivity contribution in [2.75, 3.05) is 13.1 Å². The highest BCUT2D eigenvalue weighted by atomic mass is 16.5. The summed E-state index contributed by atoms with van der Waals surface area (Å²) in [6, 6.07) is 1.76. The lowest BCUT2D eigenvalue weighted by Gasteiger charge is -2.31. The maximum atomic E-state index is 12.4. The summed E-state index contributed by atoms with van der Waals surface area (Å²) >= 11 is 0. The summed E-state index contributed by atoms with van der Waals surface area (Å²) in [5, 5.41) is 3.90. The Bertz CT molecular complexity index is 618. The number of carbonyl (C=O) groups is 1. The van der Waals surface area contributed by atoms with Crippen LogP contribution < -0.4 is 0 Å². The van der Waals surface area contributed by atoms with Gasteiger partial charge in [-0.15, -0.1) is 0 Å². The smallest absolute Gasteiger partial charge is 0.276 e. The number of rotatable bonds is 4. The topological polar surface area (TPSA) is 72.1 Å². The first-order valence-electron chi connectivity index (χ1n) is 7.78. The molecule has 6 heteroatoms. The minimum atomic E-state index is -0.0382. The van der Waals surface area contributed by atoms with Crippen LogP contribution in [0.3, 0.4) is 0 Å². The molecule has 0 spiro atoms. The second-order valence-electron chi connectivity index (χ2n) is 5.63. The van der Waals surface area contributed by atoms with Crippen LogP contribution >= 0.6 is 0 Å². The van der Waals surface area contributed by atoms with Gasteiger partial charge in [0.15, 0.2) is 5.69 Å². The van der Waals surface area contributed by atoms with Crippen molar-refractivity contribution in [2.45, 2.75) is 38.5 Å². The number of piperidine rings is 1. The van der Waals surface area contributed by atoms with Crippen LogP contribution in [-0.4, -0.2) is 39.0 Å². The van der Waals surface area contributed by atoms with E-state index in [2.05, 4.69) is 22.0 Å². The second kappa shape index (κ2) is 6.68. The van der Waals surface area contributed by atoms with Crippen LogP contribution in [0.4, 0.5) is 0 Å². The van der Waals surface area contributed by atoms with Crippen molar-refractivity contribution in [1.82, 2.24) is 20.0 Å². The van der Waals surface area contributed by atoms with Crippen molar-refractivity contribution in [2.24, 2.45) is 0 Å². The number of likely N-dealkylation sites (tertiary alicyclic amines) is 1. The average molecular weight is 300 g/mol. The SMILES string of the molecule is CCCc1cc(C(=O)N2CCC(c3cnccn3)CC2)no1. The van der Waals surface area contributed by atoms with Gasteiger partial charge in [0.2, 0.25) is 0 Å². The van der Waals surface area contributed by atoms with Crippen LogP contribution in [0.1, 0.15) is 54.0 Å². The van der Waals surface area contributed by atoms with Crippen molar-refractivity contribution in [3.63, 3.8) is 0 Å². The summed E-state index contributed by atoms with van der Waals surface area (Å²) in [5.74, 6) is 1.12. The fraction of sp³-hybridized carbons (Fsp3) is 0.500. The van der Waals surface area contributed by atoms with Gasteiger partial charge in [0.25, 0.3) is 5.91 Å². The Balaban J connectivity index is 1.59. The lowest BCUT2D eigenvalue weighted by atomic mass is 9.93. The van der Waals surface area contributed by atoms with Gasteiger partial charge in [0.05, 0.1) is 5.69 Å². The van der Waals surface area contributed by atoms with Gasteiger partial charge in [-0.1, -0.05) is 12.1 Å². The van der Waals surface area contributed by atoms with Crippen molar-refractivity contribution < 1.29 is 9.32 Å². The Kier molecular flexibility index (Phi) is 4.46. The van der Waals surface area contributed by atoms with Gasteiger partial charge in [-0.3, -0.25) is 14.8 Å². The molecule has 2 aromatic heterocycles. The van der Waals surface area contributed by atoms with E-state index in [0.717, 1.165) is 50.2 Å². The molecule has 0 radical (unpaired) electrons. The van der Waals surface area contributed by atoms with E-state index in [1.54, 1.807) is 18.5 Å². The van der Waals surface area contributed by atoms with Crippen LogP contribution in [0.5, 0.6) is 0 Å². The van der Waals surface area contributed by atoms with E-state index < -0.39 is 0 Å². The van der Waals surface area contributed by atoms with Crippen molar-refractivity contribution >= 4 is 5.91 Å². The van der Waals surface area contributed by atoms with Gasteiger partial charge in [-0.2, -0.15) is 0 Å². The lowest BCUT2D eigenvalue weighted by Crippen LogP contribution is -2.38. The van der Waals surface area contributed by atoms with Gasteiger partial charge in [-0.05, 0) is 19.3 Å². The third-order valence-corrected chi connectivity index (χ3v) is 4.06. The normalized spacial score (nSPS) is 16.0. The zero-order valence-electron chi connectivity index (χ0n) is 12.7. The molecular formula is C16H20N4O2. The van der Waals surface area contributed by atoms with E-state index in [4.69, 9.17) is 4.52 Å². The number of hydrogen-bond donors (Lipinski definition) is 0. The number of aromatic nitrogens is 3. The van der Waals surface area contributed by atoms with Crippen LogP contribution in [0, 0.1) is 0 Å². The van der Waals surface area contributed by atoms with E-state index in [0.29, 0.717) is 11.6 Å². The van der Waals surface area contributed by atoms with Gasteiger partial charge >= 0.3 is 0 Å². The first-order valence-corrected chi connectivity index (χ1v) is 7.78. The highest BCUT2D eigenvalue weighted by Crippen LogP contribution is 2.26. The van der Waals surface area contributed by atoms with E-state index in [1.807, 2.05) is 11.1 Å². The van der Waals surface area contributed by atoms with Gasteiger partial charge < -0.3 is 9.42 Å². The first kappa shape index (κ1) is 14.7. The average Bonchev–Trinajstić information content (AvgIpc) is 3.04. The number of aryl methyl sites for hydroxylation is 1. The number of hydrogen-bond acceptors (Lipinski definition) is 5. The molecule has 1 aliphatic rings. The summed E-state index contributed by atoms with van der Waals surface area (Å²) in [6.07, 6.45) is 8.82. The predicted octanol–water partition coefficient (Wildman–Crippen LogP) is 2.44. The molecule has 1 aliphatic heterocycles. The van der Waals surface area contributed by atoms with Gasteiger partial charge in [0.1, 0.15) is 5.76 Å². The Morgan fingerprint density at radius 3 is 2.86 bits per heavy atom. The fourth-order valence-electron chi connectivity index (χ4n) is 2.84. The summed E-state index contributed by atoms with van der Waals surface area (Å²) in [7, 11) is 0. The molecule has 3 heterocycles. The highest BCUT2D eigenvalue weighted by molar-refractivity contribution is 5.92. The summed E-state index contributed by atoms with van der Waals surface area (Å²) in [6.45, 7) is 3.51. The molecular weight excluding hydrogens is 280 g/mol. The highest BCUT2D eigenvalue weighted by Gasteiger charge is 2.27. The Morgan fingerprint density at radius 1 is 1.36 bits per heavy atom. The number of amides is 1. The Labute approximate surface area is 129 Å². The van der Waals surface area contributed by atoms with Gasteiger partial charge in [-0.25, -0.2) is 0 Å². The summed E-state index contributed by atoms with van der Waals surface area (Å²) in [4.78, 5) is 22.8. The van der Waals surface area contributed by atoms with Crippen LogP contribution in [-0.2, 0) is 6.42 Å².